The smallest absolute Gasteiger partial charge is 0.367 e. The van der Waals surface area contributed by atoms with Crippen LogP contribution in [0.25, 0.3) is 4.96 Å². The van der Waals surface area contributed by atoms with Gasteiger partial charge in [0, 0.05) is 5.92 Å². The highest BCUT2D eigenvalue weighted by molar-refractivity contribution is 7.18. The van der Waals surface area contributed by atoms with Crippen LogP contribution in [0, 0.1) is 0 Å². The third kappa shape index (κ3) is 1.80. The largest absolute Gasteiger partial charge is 0.476 e. The number of fused-ring (bicyclic) bond motifs is 1. The lowest BCUT2D eigenvalue weighted by Crippen LogP contribution is -2.09. The third-order valence-electron chi connectivity index (χ3n) is 3.17. The zero-order valence-corrected chi connectivity index (χ0v) is 9.98. The van der Waals surface area contributed by atoms with Gasteiger partial charge in [0.25, 0.3) is 0 Å². The van der Waals surface area contributed by atoms with Gasteiger partial charge in [-0.25, -0.2) is 4.79 Å². The Labute approximate surface area is 101 Å². The van der Waals surface area contributed by atoms with Crippen LogP contribution in [-0.4, -0.2) is 30.9 Å². The minimum absolute atomic E-state index is 0.0759. The summed E-state index contributed by atoms with van der Waals surface area (Å²) in [4.78, 5) is 11.4. The van der Waals surface area contributed by atoms with Crippen molar-refractivity contribution >= 4 is 22.3 Å². The summed E-state index contributed by atoms with van der Waals surface area (Å²) in [5.41, 5.74) is 0. The van der Waals surface area contributed by atoms with Crippen molar-refractivity contribution in [3.63, 3.8) is 0 Å². The number of hydrogen-bond donors (Lipinski definition) is 1. The van der Waals surface area contributed by atoms with Crippen LogP contribution in [0.15, 0.2) is 0 Å². The molecule has 0 saturated heterocycles. The van der Waals surface area contributed by atoms with Crippen LogP contribution in [-0.2, 0) is 0 Å². The van der Waals surface area contributed by atoms with Crippen molar-refractivity contribution < 1.29 is 9.90 Å². The Morgan fingerprint density at radius 2 is 2.06 bits per heavy atom. The first-order valence-corrected chi connectivity index (χ1v) is 6.53. The van der Waals surface area contributed by atoms with Gasteiger partial charge in [0.15, 0.2) is 5.82 Å². The van der Waals surface area contributed by atoms with Gasteiger partial charge >= 0.3 is 5.97 Å². The van der Waals surface area contributed by atoms with Gasteiger partial charge in [0.2, 0.25) is 9.97 Å². The molecule has 0 amide bonds. The zero-order valence-electron chi connectivity index (χ0n) is 9.17. The molecule has 0 aliphatic heterocycles. The standard InChI is InChI=1S/C10H12N4O2S/c15-9(16)8-13-14-7(11-12-10(14)17-8)6-4-2-1-3-5-6/h6H,1-5H2,(H,15,16). The van der Waals surface area contributed by atoms with E-state index in [2.05, 4.69) is 15.3 Å². The number of aromatic carboxylic acids is 1. The van der Waals surface area contributed by atoms with Crippen LogP contribution < -0.4 is 0 Å². The van der Waals surface area contributed by atoms with Gasteiger partial charge < -0.3 is 5.11 Å². The molecule has 6 nitrogen and oxygen atoms in total. The molecule has 7 heteroatoms. The van der Waals surface area contributed by atoms with Gasteiger partial charge in [-0.3, -0.25) is 0 Å². The molecule has 1 fully saturated rings. The summed E-state index contributed by atoms with van der Waals surface area (Å²) < 4.78 is 1.60. The molecule has 0 spiro atoms. The van der Waals surface area contributed by atoms with Crippen molar-refractivity contribution in [3.8, 4) is 0 Å². The van der Waals surface area contributed by atoms with Gasteiger partial charge in [-0.2, -0.15) is 4.52 Å². The molecular weight excluding hydrogens is 240 g/mol. The van der Waals surface area contributed by atoms with Crippen LogP contribution in [0.4, 0.5) is 0 Å². The summed E-state index contributed by atoms with van der Waals surface area (Å²) in [7, 11) is 0. The molecule has 0 radical (unpaired) electrons. The van der Waals surface area contributed by atoms with E-state index < -0.39 is 5.97 Å². The van der Waals surface area contributed by atoms with Crippen LogP contribution >= 0.6 is 11.3 Å². The van der Waals surface area contributed by atoms with Crippen LogP contribution in [0.2, 0.25) is 0 Å². The zero-order chi connectivity index (χ0) is 11.8. The number of carboxylic acids is 1. The quantitative estimate of drug-likeness (QED) is 0.883. The second-order valence-corrected chi connectivity index (χ2v) is 5.26. The molecule has 1 saturated carbocycles. The molecular formula is C10H12N4O2S. The van der Waals surface area contributed by atoms with E-state index in [1.807, 2.05) is 0 Å². The molecule has 0 aromatic carbocycles. The summed E-state index contributed by atoms with van der Waals surface area (Å²) in [6.07, 6.45) is 5.88. The molecule has 90 valence electrons. The number of aromatic nitrogens is 4. The maximum Gasteiger partial charge on any atom is 0.367 e. The fourth-order valence-electron chi connectivity index (χ4n) is 2.33. The van der Waals surface area contributed by atoms with Gasteiger partial charge in [-0.05, 0) is 12.8 Å². The first-order chi connectivity index (χ1) is 8.25. The number of carbonyl (C=O) groups is 1. The Bertz CT molecular complexity index is 556. The second kappa shape index (κ2) is 4.06. The molecule has 2 heterocycles. The van der Waals surface area contributed by atoms with Gasteiger partial charge in [0.1, 0.15) is 0 Å². The molecule has 1 N–H and O–H groups in total. The Morgan fingerprint density at radius 3 is 2.76 bits per heavy atom. The fourth-order valence-corrected chi connectivity index (χ4v) is 3.02. The summed E-state index contributed by atoms with van der Waals surface area (Å²) in [5.74, 6) is 0.195. The van der Waals surface area contributed by atoms with Crippen molar-refractivity contribution in [2.75, 3.05) is 0 Å². The predicted octanol–water partition coefficient (Wildman–Crippen LogP) is 1.93. The van der Waals surface area contributed by atoms with E-state index in [0.29, 0.717) is 10.9 Å². The van der Waals surface area contributed by atoms with Crippen molar-refractivity contribution in [1.29, 1.82) is 0 Å². The van der Waals surface area contributed by atoms with Crippen LogP contribution in [0.5, 0.6) is 0 Å². The average molecular weight is 252 g/mol. The summed E-state index contributed by atoms with van der Waals surface area (Å²) in [6, 6.07) is 0. The number of hydrogen-bond acceptors (Lipinski definition) is 5. The van der Waals surface area contributed by atoms with Crippen molar-refractivity contribution in [3.05, 3.63) is 10.8 Å². The Kier molecular flexibility index (Phi) is 2.54. The second-order valence-electron chi connectivity index (χ2n) is 4.30. The molecule has 2 aromatic heterocycles. The van der Waals surface area contributed by atoms with E-state index in [4.69, 9.17) is 5.11 Å². The van der Waals surface area contributed by atoms with E-state index in [1.165, 1.54) is 19.3 Å². The molecule has 0 atom stereocenters. The molecule has 1 aliphatic carbocycles. The Morgan fingerprint density at radius 1 is 1.29 bits per heavy atom. The molecule has 17 heavy (non-hydrogen) atoms. The molecule has 3 rings (SSSR count). The topological polar surface area (TPSA) is 80.4 Å². The molecule has 1 aliphatic rings. The third-order valence-corrected chi connectivity index (χ3v) is 4.06. The van der Waals surface area contributed by atoms with Crippen molar-refractivity contribution in [1.82, 2.24) is 19.8 Å². The van der Waals surface area contributed by atoms with Gasteiger partial charge in [0.05, 0.1) is 0 Å². The minimum atomic E-state index is -1.00. The first kappa shape index (κ1) is 10.6. The van der Waals surface area contributed by atoms with Gasteiger partial charge in [-0.1, -0.05) is 30.6 Å². The highest BCUT2D eigenvalue weighted by atomic mass is 32.1. The van der Waals surface area contributed by atoms with E-state index in [1.54, 1.807) is 4.52 Å². The van der Waals surface area contributed by atoms with Crippen LogP contribution in [0.3, 0.4) is 0 Å². The minimum Gasteiger partial charge on any atom is -0.476 e. The average Bonchev–Trinajstić information content (AvgIpc) is 2.89. The molecule has 2 aromatic rings. The highest BCUT2D eigenvalue weighted by Crippen LogP contribution is 2.32. The van der Waals surface area contributed by atoms with E-state index >= 15 is 0 Å². The SMILES string of the molecule is O=C(O)c1nn2c(C3CCCCC3)nnc2s1. The number of rotatable bonds is 2. The lowest BCUT2D eigenvalue weighted by atomic mass is 9.89. The normalized spacial score (nSPS) is 17.6. The molecule has 0 unspecified atom stereocenters. The summed E-state index contributed by atoms with van der Waals surface area (Å²) in [6.45, 7) is 0. The predicted molar refractivity (Wildman–Crippen MR) is 61.4 cm³/mol. The summed E-state index contributed by atoms with van der Waals surface area (Å²) >= 11 is 1.07. The fraction of sp³-hybridized carbons (Fsp3) is 0.600. The number of nitrogens with zero attached hydrogens (tertiary/aromatic N) is 4. The lowest BCUT2D eigenvalue weighted by molar-refractivity contribution is 0.0695. The van der Waals surface area contributed by atoms with Gasteiger partial charge in [-0.15, -0.1) is 15.3 Å². The van der Waals surface area contributed by atoms with E-state index in [0.717, 1.165) is 30.0 Å². The maximum absolute atomic E-state index is 10.8. The van der Waals surface area contributed by atoms with Crippen molar-refractivity contribution in [2.45, 2.75) is 38.0 Å². The monoisotopic (exact) mass is 252 g/mol. The first-order valence-electron chi connectivity index (χ1n) is 5.71. The highest BCUT2D eigenvalue weighted by Gasteiger charge is 2.23. The Hall–Kier alpha value is -1.50. The maximum atomic E-state index is 10.8. The molecule has 0 bridgehead atoms. The Balaban J connectivity index is 2.00. The van der Waals surface area contributed by atoms with E-state index in [9.17, 15) is 4.79 Å². The summed E-state index contributed by atoms with van der Waals surface area (Å²) in [5, 5.41) is 21.2. The van der Waals surface area contributed by atoms with Crippen molar-refractivity contribution in [2.24, 2.45) is 0 Å². The lowest BCUT2D eigenvalue weighted by Gasteiger charge is -2.18. The number of carboxylic acid groups (broad SMARTS) is 1. The van der Waals surface area contributed by atoms with E-state index in [-0.39, 0.29) is 5.01 Å². The van der Waals surface area contributed by atoms with Crippen LogP contribution in [0.1, 0.15) is 53.6 Å².